The Morgan fingerprint density at radius 1 is 1.07 bits per heavy atom. The molecule has 2 aromatic rings. The van der Waals surface area contributed by atoms with Crippen LogP contribution in [0.15, 0.2) is 36.4 Å². The van der Waals surface area contributed by atoms with Gasteiger partial charge in [-0.25, -0.2) is 4.79 Å². The van der Waals surface area contributed by atoms with E-state index in [2.05, 4.69) is 39.8 Å². The Morgan fingerprint density at radius 3 is 2.55 bits per heavy atom. The zero-order chi connectivity index (χ0) is 20.2. The quantitative estimate of drug-likeness (QED) is 0.738. The van der Waals surface area contributed by atoms with E-state index in [1.165, 1.54) is 5.56 Å². The summed E-state index contributed by atoms with van der Waals surface area (Å²) in [6.07, 6.45) is 1.66. The van der Waals surface area contributed by atoms with Gasteiger partial charge in [0.15, 0.2) is 0 Å². The molecule has 5 nitrogen and oxygen atoms in total. The molecule has 29 heavy (non-hydrogen) atoms. The molecule has 0 aromatic heterocycles. The minimum atomic E-state index is -0.175. The molecule has 1 aliphatic heterocycles. The first-order chi connectivity index (χ1) is 14.1. The fourth-order valence-corrected chi connectivity index (χ4v) is 4.40. The van der Waals surface area contributed by atoms with Crippen LogP contribution in [-0.2, 0) is 24.2 Å². The molecule has 0 saturated carbocycles. The predicted octanol–water partition coefficient (Wildman–Crippen LogP) is 4.31. The van der Waals surface area contributed by atoms with E-state index in [4.69, 9.17) is 27.9 Å². The number of hydrogen-bond donors (Lipinski definition) is 2. The Morgan fingerprint density at radius 2 is 1.79 bits per heavy atom. The normalized spacial score (nSPS) is 19.0. The van der Waals surface area contributed by atoms with Gasteiger partial charge >= 0.3 is 6.03 Å². The van der Waals surface area contributed by atoms with Gasteiger partial charge in [-0.05, 0) is 41.2 Å². The average Bonchev–Trinajstić information content (AvgIpc) is 3.14. The number of morpholine rings is 1. The van der Waals surface area contributed by atoms with Crippen LogP contribution in [0.2, 0.25) is 10.0 Å². The number of carbonyl (C=O) groups excluding carboxylic acids is 1. The fourth-order valence-electron chi connectivity index (χ4n) is 3.95. The highest BCUT2D eigenvalue weighted by Crippen LogP contribution is 2.38. The molecule has 4 rings (SSSR count). The van der Waals surface area contributed by atoms with E-state index in [0.717, 1.165) is 62.4 Å². The Kier molecular flexibility index (Phi) is 6.60. The van der Waals surface area contributed by atoms with E-state index >= 15 is 0 Å². The maximum Gasteiger partial charge on any atom is 0.315 e. The van der Waals surface area contributed by atoms with E-state index in [1.807, 2.05) is 6.07 Å². The molecule has 154 valence electrons. The van der Waals surface area contributed by atoms with Crippen LogP contribution in [0.3, 0.4) is 0 Å². The summed E-state index contributed by atoms with van der Waals surface area (Å²) < 4.78 is 5.39. The lowest BCUT2D eigenvalue weighted by atomic mass is 10.1. The van der Waals surface area contributed by atoms with Crippen LogP contribution < -0.4 is 10.6 Å². The van der Waals surface area contributed by atoms with Gasteiger partial charge in [0.2, 0.25) is 0 Å². The highest BCUT2D eigenvalue weighted by atomic mass is 35.5. The van der Waals surface area contributed by atoms with Gasteiger partial charge < -0.3 is 15.4 Å². The van der Waals surface area contributed by atoms with Crippen molar-refractivity contribution in [3.63, 3.8) is 0 Å². The molecule has 1 saturated heterocycles. The zero-order valence-corrected chi connectivity index (χ0v) is 17.7. The number of urea groups is 1. The molecule has 2 aliphatic rings. The minimum Gasteiger partial charge on any atom is -0.379 e. The number of hydrogen-bond acceptors (Lipinski definition) is 3. The molecule has 1 atom stereocenters. The average molecular weight is 434 g/mol. The topological polar surface area (TPSA) is 53.6 Å². The summed E-state index contributed by atoms with van der Waals surface area (Å²) in [7, 11) is 0. The minimum absolute atomic E-state index is 0.0318. The van der Waals surface area contributed by atoms with Crippen molar-refractivity contribution in [1.82, 2.24) is 15.5 Å². The SMILES string of the molecule is O=C(NCc1ccc(CN2CCOCC2)cc1)NC1CCc2c1ccc(Cl)c2Cl. The Bertz CT molecular complexity index is 867. The monoisotopic (exact) mass is 433 g/mol. The van der Waals surface area contributed by atoms with Crippen molar-refractivity contribution in [2.24, 2.45) is 0 Å². The second kappa shape index (κ2) is 9.35. The van der Waals surface area contributed by atoms with Crippen LogP contribution in [0, 0.1) is 0 Å². The third kappa shape index (κ3) is 5.04. The number of amides is 2. The summed E-state index contributed by atoms with van der Waals surface area (Å²) in [6, 6.07) is 11.9. The summed E-state index contributed by atoms with van der Waals surface area (Å²) in [5, 5.41) is 7.16. The molecule has 0 radical (unpaired) electrons. The molecule has 2 N–H and O–H groups in total. The molecule has 1 fully saturated rings. The van der Waals surface area contributed by atoms with Crippen molar-refractivity contribution >= 4 is 29.2 Å². The van der Waals surface area contributed by atoms with Crippen LogP contribution in [0.25, 0.3) is 0 Å². The summed E-state index contributed by atoms with van der Waals surface area (Å²) in [5.41, 5.74) is 4.45. The van der Waals surface area contributed by atoms with Crippen molar-refractivity contribution in [3.8, 4) is 0 Å². The molecular weight excluding hydrogens is 409 g/mol. The second-order valence-electron chi connectivity index (χ2n) is 7.55. The number of nitrogens with one attached hydrogen (secondary N) is 2. The van der Waals surface area contributed by atoms with E-state index in [0.29, 0.717) is 16.6 Å². The van der Waals surface area contributed by atoms with Gasteiger partial charge in [0.1, 0.15) is 0 Å². The lowest BCUT2D eigenvalue weighted by Gasteiger charge is -2.26. The number of nitrogens with zero attached hydrogens (tertiary/aromatic N) is 1. The number of carbonyl (C=O) groups is 1. The van der Waals surface area contributed by atoms with Gasteiger partial charge in [-0.1, -0.05) is 53.5 Å². The summed E-state index contributed by atoms with van der Waals surface area (Å²) in [6.45, 7) is 5.00. The van der Waals surface area contributed by atoms with E-state index in [9.17, 15) is 4.79 Å². The molecule has 7 heteroatoms. The van der Waals surface area contributed by atoms with E-state index in [-0.39, 0.29) is 12.1 Å². The van der Waals surface area contributed by atoms with Crippen LogP contribution >= 0.6 is 23.2 Å². The molecule has 2 aromatic carbocycles. The Labute approximate surface area is 181 Å². The number of fused-ring (bicyclic) bond motifs is 1. The fraction of sp³-hybridized carbons (Fsp3) is 0.409. The molecule has 0 bridgehead atoms. The van der Waals surface area contributed by atoms with E-state index < -0.39 is 0 Å². The van der Waals surface area contributed by atoms with Gasteiger partial charge in [-0.15, -0.1) is 0 Å². The van der Waals surface area contributed by atoms with Crippen LogP contribution in [0.1, 0.15) is 34.7 Å². The van der Waals surface area contributed by atoms with Gasteiger partial charge in [-0.2, -0.15) is 0 Å². The van der Waals surface area contributed by atoms with Gasteiger partial charge in [0.05, 0.1) is 29.3 Å². The first-order valence-electron chi connectivity index (χ1n) is 9.99. The number of ether oxygens (including phenoxy) is 1. The highest BCUT2D eigenvalue weighted by Gasteiger charge is 2.26. The lowest BCUT2D eigenvalue weighted by Crippen LogP contribution is -2.37. The smallest absolute Gasteiger partial charge is 0.315 e. The van der Waals surface area contributed by atoms with Crippen molar-refractivity contribution in [2.75, 3.05) is 26.3 Å². The Hall–Kier alpha value is -1.79. The summed E-state index contributed by atoms with van der Waals surface area (Å²) in [4.78, 5) is 14.8. The second-order valence-corrected chi connectivity index (χ2v) is 8.34. The van der Waals surface area contributed by atoms with Gasteiger partial charge in [-0.3, -0.25) is 4.90 Å². The standard InChI is InChI=1S/C22H25Cl2N3O2/c23-19-7-5-17-18(21(19)24)6-8-20(17)26-22(28)25-13-15-1-3-16(4-2-15)14-27-9-11-29-12-10-27/h1-5,7,20H,6,8-14H2,(H2,25,26,28). The van der Waals surface area contributed by atoms with Crippen molar-refractivity contribution in [3.05, 3.63) is 68.7 Å². The van der Waals surface area contributed by atoms with Crippen LogP contribution in [0.4, 0.5) is 4.79 Å². The van der Waals surface area contributed by atoms with Gasteiger partial charge in [0.25, 0.3) is 0 Å². The van der Waals surface area contributed by atoms with Crippen molar-refractivity contribution in [2.45, 2.75) is 32.0 Å². The van der Waals surface area contributed by atoms with Crippen LogP contribution in [0.5, 0.6) is 0 Å². The Balaban J connectivity index is 1.27. The largest absolute Gasteiger partial charge is 0.379 e. The van der Waals surface area contributed by atoms with Gasteiger partial charge in [0, 0.05) is 26.2 Å². The molecule has 1 unspecified atom stereocenters. The first-order valence-corrected chi connectivity index (χ1v) is 10.7. The number of rotatable bonds is 5. The molecule has 0 spiro atoms. The maximum atomic E-state index is 12.4. The van der Waals surface area contributed by atoms with Crippen molar-refractivity contribution in [1.29, 1.82) is 0 Å². The highest BCUT2D eigenvalue weighted by molar-refractivity contribution is 6.42. The number of benzene rings is 2. The molecule has 1 heterocycles. The van der Waals surface area contributed by atoms with Crippen molar-refractivity contribution < 1.29 is 9.53 Å². The summed E-state index contributed by atoms with van der Waals surface area (Å²) >= 11 is 12.4. The number of halogens is 2. The first kappa shape index (κ1) is 20.5. The molecule has 2 amide bonds. The van der Waals surface area contributed by atoms with E-state index in [1.54, 1.807) is 6.07 Å². The maximum absolute atomic E-state index is 12.4. The zero-order valence-electron chi connectivity index (χ0n) is 16.2. The summed E-state index contributed by atoms with van der Waals surface area (Å²) in [5.74, 6) is 0. The van der Waals surface area contributed by atoms with Crippen LogP contribution in [-0.4, -0.2) is 37.2 Å². The lowest BCUT2D eigenvalue weighted by molar-refractivity contribution is 0.0342. The predicted molar refractivity (Wildman–Crippen MR) is 115 cm³/mol. The molecule has 1 aliphatic carbocycles. The third-order valence-electron chi connectivity index (χ3n) is 5.58. The molecular formula is C22H25Cl2N3O2. The third-order valence-corrected chi connectivity index (χ3v) is 6.43.